The highest BCUT2D eigenvalue weighted by atomic mass is 16.3. The van der Waals surface area contributed by atoms with Crippen molar-refractivity contribution in [2.75, 3.05) is 4.90 Å². The standard InChI is InChI=1S/C50H33NO/c1-2-13-36(14-3-1)44-29-25-38(31-47(44)50-33-40-17-7-11-21-49(40)52-50)35-22-26-41(27-23-35)51(42-28-24-34-12-4-5-15-37(34)30-42)48-32-39-16-6-8-18-43(39)45-19-9-10-20-46(45)48/h1-33H. The lowest BCUT2D eigenvalue weighted by Gasteiger charge is -2.28. The highest BCUT2D eigenvalue weighted by Gasteiger charge is 2.19. The zero-order valence-corrected chi connectivity index (χ0v) is 28.4. The van der Waals surface area contributed by atoms with Gasteiger partial charge < -0.3 is 9.32 Å². The Morgan fingerprint density at radius 2 is 0.962 bits per heavy atom. The van der Waals surface area contributed by atoms with Gasteiger partial charge in [0.05, 0.1) is 5.69 Å². The van der Waals surface area contributed by atoms with Crippen LogP contribution < -0.4 is 4.90 Å². The Labute approximate surface area is 302 Å². The van der Waals surface area contributed by atoms with Crippen LogP contribution in [0, 0.1) is 0 Å². The molecule has 1 aromatic heterocycles. The van der Waals surface area contributed by atoms with E-state index >= 15 is 0 Å². The van der Waals surface area contributed by atoms with Crippen LogP contribution in [-0.4, -0.2) is 0 Å². The molecule has 9 aromatic carbocycles. The topological polar surface area (TPSA) is 16.4 Å². The van der Waals surface area contributed by atoms with Gasteiger partial charge in [-0.3, -0.25) is 0 Å². The Balaban J connectivity index is 1.13. The first-order valence-corrected chi connectivity index (χ1v) is 17.8. The summed E-state index contributed by atoms with van der Waals surface area (Å²) in [6.45, 7) is 0. The number of fused-ring (bicyclic) bond motifs is 5. The van der Waals surface area contributed by atoms with E-state index in [1.54, 1.807) is 0 Å². The van der Waals surface area contributed by atoms with E-state index in [2.05, 4.69) is 193 Å². The predicted molar refractivity (Wildman–Crippen MR) is 220 cm³/mol. The molecule has 0 aliphatic heterocycles. The lowest BCUT2D eigenvalue weighted by atomic mass is 9.93. The summed E-state index contributed by atoms with van der Waals surface area (Å²) in [7, 11) is 0. The number of hydrogen-bond donors (Lipinski definition) is 0. The van der Waals surface area contributed by atoms with Crippen LogP contribution in [0.3, 0.4) is 0 Å². The van der Waals surface area contributed by atoms with Crippen LogP contribution >= 0.6 is 0 Å². The van der Waals surface area contributed by atoms with E-state index in [4.69, 9.17) is 4.42 Å². The van der Waals surface area contributed by atoms with E-state index < -0.39 is 0 Å². The van der Waals surface area contributed by atoms with Crippen LogP contribution in [0.2, 0.25) is 0 Å². The van der Waals surface area contributed by atoms with Crippen LogP contribution in [0.5, 0.6) is 0 Å². The largest absolute Gasteiger partial charge is 0.456 e. The highest BCUT2D eigenvalue weighted by molar-refractivity contribution is 6.14. The number of rotatable bonds is 6. The SMILES string of the molecule is c1ccc(-c2ccc(-c3ccc(N(c4ccc5ccccc5c4)c4cc5ccccc5c5ccccc45)cc3)cc2-c2cc3ccccc3o2)cc1. The average molecular weight is 664 g/mol. The molecule has 0 saturated heterocycles. The second kappa shape index (κ2) is 12.5. The number of nitrogens with zero attached hydrogens (tertiary/aromatic N) is 1. The van der Waals surface area contributed by atoms with Crippen molar-refractivity contribution in [3.63, 3.8) is 0 Å². The molecule has 52 heavy (non-hydrogen) atoms. The fourth-order valence-electron chi connectivity index (χ4n) is 7.68. The summed E-state index contributed by atoms with van der Waals surface area (Å²) in [6.07, 6.45) is 0. The lowest BCUT2D eigenvalue weighted by molar-refractivity contribution is 0.632. The van der Waals surface area contributed by atoms with Crippen molar-refractivity contribution in [2.45, 2.75) is 0 Å². The first-order chi connectivity index (χ1) is 25.8. The fourth-order valence-corrected chi connectivity index (χ4v) is 7.68. The Kier molecular flexibility index (Phi) is 7.18. The van der Waals surface area contributed by atoms with Crippen molar-refractivity contribution in [2.24, 2.45) is 0 Å². The van der Waals surface area contributed by atoms with Crippen LogP contribution in [0.25, 0.3) is 76.9 Å². The van der Waals surface area contributed by atoms with E-state index in [-0.39, 0.29) is 0 Å². The van der Waals surface area contributed by atoms with E-state index in [1.165, 1.54) is 32.3 Å². The summed E-state index contributed by atoms with van der Waals surface area (Å²) in [4.78, 5) is 2.41. The molecular weight excluding hydrogens is 631 g/mol. The van der Waals surface area contributed by atoms with Gasteiger partial charge in [-0.1, -0.05) is 152 Å². The molecule has 0 aliphatic rings. The molecule has 10 aromatic rings. The van der Waals surface area contributed by atoms with Gasteiger partial charge in [0.2, 0.25) is 0 Å². The Morgan fingerprint density at radius 3 is 1.77 bits per heavy atom. The third kappa shape index (κ3) is 5.21. The summed E-state index contributed by atoms with van der Waals surface area (Å²) < 4.78 is 6.45. The summed E-state index contributed by atoms with van der Waals surface area (Å²) in [6, 6.07) is 71.7. The van der Waals surface area contributed by atoms with Crippen LogP contribution in [0.1, 0.15) is 0 Å². The first kappa shape index (κ1) is 30.0. The van der Waals surface area contributed by atoms with Crippen molar-refractivity contribution in [3.8, 4) is 33.6 Å². The zero-order valence-electron chi connectivity index (χ0n) is 28.4. The minimum Gasteiger partial charge on any atom is -0.456 e. The molecular formula is C50H33NO. The second-order valence-electron chi connectivity index (χ2n) is 13.4. The Morgan fingerprint density at radius 1 is 0.327 bits per heavy atom. The highest BCUT2D eigenvalue weighted by Crippen LogP contribution is 2.44. The first-order valence-electron chi connectivity index (χ1n) is 17.8. The molecule has 0 bridgehead atoms. The monoisotopic (exact) mass is 663 g/mol. The van der Waals surface area contributed by atoms with E-state index in [1.807, 2.05) is 12.1 Å². The number of anilines is 3. The lowest BCUT2D eigenvalue weighted by Crippen LogP contribution is -2.10. The minimum atomic E-state index is 0.865. The molecule has 10 rings (SSSR count). The van der Waals surface area contributed by atoms with Crippen molar-refractivity contribution in [3.05, 3.63) is 200 Å². The Hall–Kier alpha value is -6.90. The van der Waals surface area contributed by atoms with Crippen molar-refractivity contribution < 1.29 is 4.42 Å². The van der Waals surface area contributed by atoms with Gasteiger partial charge in [-0.2, -0.15) is 0 Å². The number of furan rings is 1. The summed E-state index contributed by atoms with van der Waals surface area (Å²) in [5.74, 6) is 0.865. The summed E-state index contributed by atoms with van der Waals surface area (Å²) in [5.41, 5.74) is 9.91. The molecule has 0 saturated carbocycles. The van der Waals surface area contributed by atoms with Gasteiger partial charge in [0, 0.05) is 27.7 Å². The van der Waals surface area contributed by atoms with Gasteiger partial charge in [-0.15, -0.1) is 0 Å². The van der Waals surface area contributed by atoms with E-state index in [9.17, 15) is 0 Å². The molecule has 0 amide bonds. The summed E-state index contributed by atoms with van der Waals surface area (Å²) in [5, 5.41) is 8.47. The van der Waals surface area contributed by atoms with Crippen LogP contribution in [0.15, 0.2) is 205 Å². The van der Waals surface area contributed by atoms with Gasteiger partial charge in [0.15, 0.2) is 0 Å². The zero-order chi connectivity index (χ0) is 34.4. The van der Waals surface area contributed by atoms with Gasteiger partial charge in [0.25, 0.3) is 0 Å². The third-order valence-electron chi connectivity index (χ3n) is 10.2. The van der Waals surface area contributed by atoms with Crippen LogP contribution in [0.4, 0.5) is 17.1 Å². The molecule has 0 N–H and O–H groups in total. The summed E-state index contributed by atoms with van der Waals surface area (Å²) >= 11 is 0. The third-order valence-corrected chi connectivity index (χ3v) is 10.2. The molecule has 2 heteroatoms. The van der Waals surface area contributed by atoms with Crippen molar-refractivity contribution in [1.82, 2.24) is 0 Å². The number of benzene rings is 9. The predicted octanol–water partition coefficient (Wildman–Crippen LogP) is 14.4. The Bertz CT molecular complexity index is 2870. The molecule has 0 spiro atoms. The molecule has 1 heterocycles. The minimum absolute atomic E-state index is 0.865. The van der Waals surface area contributed by atoms with Crippen molar-refractivity contribution >= 4 is 60.3 Å². The maximum absolute atomic E-state index is 6.45. The molecule has 0 radical (unpaired) electrons. The van der Waals surface area contributed by atoms with Crippen LogP contribution in [-0.2, 0) is 0 Å². The number of hydrogen-bond acceptors (Lipinski definition) is 2. The average Bonchev–Trinajstić information content (AvgIpc) is 3.66. The van der Waals surface area contributed by atoms with E-state index in [0.717, 1.165) is 61.6 Å². The second-order valence-corrected chi connectivity index (χ2v) is 13.4. The molecule has 0 aliphatic carbocycles. The van der Waals surface area contributed by atoms with Gasteiger partial charge >= 0.3 is 0 Å². The molecule has 0 unspecified atom stereocenters. The van der Waals surface area contributed by atoms with Gasteiger partial charge in [0.1, 0.15) is 11.3 Å². The van der Waals surface area contributed by atoms with Gasteiger partial charge in [-0.05, 0) is 97.7 Å². The smallest absolute Gasteiger partial charge is 0.136 e. The molecule has 0 fully saturated rings. The van der Waals surface area contributed by atoms with Gasteiger partial charge in [-0.25, -0.2) is 0 Å². The quantitative estimate of drug-likeness (QED) is 0.165. The van der Waals surface area contributed by atoms with E-state index in [0.29, 0.717) is 0 Å². The molecule has 2 nitrogen and oxygen atoms in total. The van der Waals surface area contributed by atoms with Crippen molar-refractivity contribution in [1.29, 1.82) is 0 Å². The normalized spacial score (nSPS) is 11.5. The molecule has 0 atom stereocenters. The maximum atomic E-state index is 6.45. The number of para-hydroxylation sites is 1. The molecule has 244 valence electrons. The maximum Gasteiger partial charge on any atom is 0.136 e. The fraction of sp³-hybridized carbons (Fsp3) is 0.